The Kier molecular flexibility index (Phi) is 4.89. The summed E-state index contributed by atoms with van der Waals surface area (Å²) in [6, 6.07) is 19.8. The molecule has 146 valence electrons. The lowest BCUT2D eigenvalue weighted by Crippen LogP contribution is -1.93. The summed E-state index contributed by atoms with van der Waals surface area (Å²) in [6.07, 6.45) is 6.35. The van der Waals surface area contributed by atoms with E-state index in [1.54, 1.807) is 7.11 Å². The number of thiophene rings is 1. The highest BCUT2D eigenvalue weighted by Crippen LogP contribution is 2.57. The fourth-order valence-corrected chi connectivity index (χ4v) is 5.81. The van der Waals surface area contributed by atoms with E-state index in [-0.39, 0.29) is 0 Å². The SMILES string of the molecule is CCCCCCc1ccsc1C1=C2C(=C(OC)c3ccccc32)c2ccccc21. The van der Waals surface area contributed by atoms with Gasteiger partial charge in [-0.2, -0.15) is 0 Å². The molecule has 0 spiro atoms. The fourth-order valence-electron chi connectivity index (χ4n) is 4.79. The molecule has 0 unspecified atom stereocenters. The molecule has 2 aromatic carbocycles. The molecule has 0 saturated carbocycles. The van der Waals surface area contributed by atoms with Crippen LogP contribution in [-0.2, 0) is 11.2 Å². The molecule has 0 saturated heterocycles. The maximum absolute atomic E-state index is 5.94. The van der Waals surface area contributed by atoms with E-state index >= 15 is 0 Å². The molecular weight excluding hydrogens is 372 g/mol. The molecule has 1 aromatic heterocycles. The molecule has 0 amide bonds. The number of unbranched alkanes of at least 4 members (excludes halogenated alkanes) is 3. The van der Waals surface area contributed by atoms with Crippen LogP contribution < -0.4 is 0 Å². The number of allylic oxidation sites excluding steroid dienone is 2. The van der Waals surface area contributed by atoms with Gasteiger partial charge >= 0.3 is 0 Å². The molecule has 0 atom stereocenters. The van der Waals surface area contributed by atoms with Crippen LogP contribution in [0.3, 0.4) is 0 Å². The minimum Gasteiger partial charge on any atom is -0.495 e. The monoisotopic (exact) mass is 398 g/mol. The first-order valence-corrected chi connectivity index (χ1v) is 11.5. The number of hydrogen-bond acceptors (Lipinski definition) is 2. The van der Waals surface area contributed by atoms with Crippen LogP contribution in [0.15, 0.2) is 60.0 Å². The normalized spacial score (nSPS) is 14.3. The molecule has 3 aromatic rings. The van der Waals surface area contributed by atoms with Crippen molar-refractivity contribution in [3.8, 4) is 0 Å². The van der Waals surface area contributed by atoms with Crippen LogP contribution in [0.2, 0.25) is 0 Å². The maximum Gasteiger partial charge on any atom is 0.135 e. The summed E-state index contributed by atoms with van der Waals surface area (Å²) < 4.78 is 5.94. The second kappa shape index (κ2) is 7.68. The molecule has 5 rings (SSSR count). The first-order chi connectivity index (χ1) is 14.3. The van der Waals surface area contributed by atoms with Gasteiger partial charge in [-0.3, -0.25) is 0 Å². The molecule has 0 aliphatic heterocycles. The third-order valence-corrected chi connectivity index (χ3v) is 7.09. The summed E-state index contributed by atoms with van der Waals surface area (Å²) in [4.78, 5) is 1.44. The Balaban J connectivity index is 1.70. The lowest BCUT2D eigenvalue weighted by molar-refractivity contribution is 0.372. The summed E-state index contributed by atoms with van der Waals surface area (Å²) >= 11 is 1.89. The molecule has 2 heteroatoms. The first-order valence-electron chi connectivity index (χ1n) is 10.6. The van der Waals surface area contributed by atoms with Crippen LogP contribution in [-0.4, -0.2) is 7.11 Å². The molecule has 2 aliphatic carbocycles. The van der Waals surface area contributed by atoms with Gasteiger partial charge in [-0.05, 0) is 46.5 Å². The Bertz CT molecular complexity index is 1130. The van der Waals surface area contributed by atoms with Crippen molar-refractivity contribution in [2.45, 2.75) is 39.0 Å². The van der Waals surface area contributed by atoms with Crippen molar-refractivity contribution in [3.05, 3.63) is 92.7 Å². The number of benzene rings is 2. The van der Waals surface area contributed by atoms with Crippen LogP contribution >= 0.6 is 11.3 Å². The van der Waals surface area contributed by atoms with E-state index in [2.05, 4.69) is 66.9 Å². The van der Waals surface area contributed by atoms with Crippen molar-refractivity contribution in [2.24, 2.45) is 0 Å². The van der Waals surface area contributed by atoms with Gasteiger partial charge < -0.3 is 4.74 Å². The molecule has 0 N–H and O–H groups in total. The van der Waals surface area contributed by atoms with E-state index in [0.29, 0.717) is 0 Å². The van der Waals surface area contributed by atoms with Gasteiger partial charge in [0.2, 0.25) is 0 Å². The van der Waals surface area contributed by atoms with Crippen LogP contribution in [0.25, 0.3) is 22.5 Å². The fraction of sp³-hybridized carbons (Fsp3) is 0.259. The summed E-state index contributed by atoms with van der Waals surface area (Å²) in [5, 5.41) is 2.26. The van der Waals surface area contributed by atoms with Gasteiger partial charge in [0.1, 0.15) is 5.76 Å². The second-order valence-corrected chi connectivity index (χ2v) is 8.75. The number of rotatable bonds is 7. The second-order valence-electron chi connectivity index (χ2n) is 7.84. The van der Waals surface area contributed by atoms with E-state index in [1.807, 2.05) is 11.3 Å². The predicted octanol–water partition coefficient (Wildman–Crippen LogP) is 7.67. The van der Waals surface area contributed by atoms with E-state index < -0.39 is 0 Å². The molecule has 29 heavy (non-hydrogen) atoms. The lowest BCUT2D eigenvalue weighted by Gasteiger charge is -2.11. The average Bonchev–Trinajstić information content (AvgIpc) is 3.43. The number of methoxy groups -OCH3 is 1. The smallest absolute Gasteiger partial charge is 0.135 e. The first kappa shape index (κ1) is 18.4. The van der Waals surface area contributed by atoms with Gasteiger partial charge in [0.05, 0.1) is 7.11 Å². The largest absolute Gasteiger partial charge is 0.495 e. The standard InChI is InChI=1S/C27H26OS/c1-3-4-5-6-11-18-16-17-29-27(18)25-20-13-8-7-12-19(20)24-23(25)21-14-9-10-15-22(21)26(24)28-2/h7-10,12-17H,3-6,11H2,1-2H3. The van der Waals surface area contributed by atoms with Crippen LogP contribution in [0, 0.1) is 0 Å². The molecule has 0 bridgehead atoms. The molecule has 1 nitrogen and oxygen atoms in total. The van der Waals surface area contributed by atoms with Gasteiger partial charge in [0.15, 0.2) is 0 Å². The van der Waals surface area contributed by atoms with E-state index in [4.69, 9.17) is 4.74 Å². The number of hydrogen-bond donors (Lipinski definition) is 0. The Hall–Kier alpha value is -2.58. The zero-order valence-corrected chi connectivity index (χ0v) is 17.9. The lowest BCUT2D eigenvalue weighted by atomic mass is 9.95. The highest BCUT2D eigenvalue weighted by atomic mass is 32.1. The van der Waals surface area contributed by atoms with E-state index in [1.165, 1.54) is 75.1 Å². The predicted molar refractivity (Wildman–Crippen MR) is 125 cm³/mol. The van der Waals surface area contributed by atoms with E-state index in [9.17, 15) is 0 Å². The Labute approximate surface area is 177 Å². The van der Waals surface area contributed by atoms with Gasteiger partial charge in [0.25, 0.3) is 0 Å². The number of aryl methyl sites for hydroxylation is 1. The average molecular weight is 399 g/mol. The van der Waals surface area contributed by atoms with Crippen molar-refractivity contribution >= 4 is 33.8 Å². The quantitative estimate of drug-likeness (QED) is 0.371. The van der Waals surface area contributed by atoms with E-state index in [0.717, 1.165) is 12.2 Å². The molecule has 0 fully saturated rings. The van der Waals surface area contributed by atoms with Gasteiger partial charge in [-0.1, -0.05) is 74.7 Å². The van der Waals surface area contributed by atoms with Gasteiger partial charge in [-0.25, -0.2) is 0 Å². The van der Waals surface area contributed by atoms with Crippen LogP contribution in [0.5, 0.6) is 0 Å². The van der Waals surface area contributed by atoms with Crippen LogP contribution in [0.4, 0.5) is 0 Å². The maximum atomic E-state index is 5.94. The van der Waals surface area contributed by atoms with Gasteiger partial charge in [-0.15, -0.1) is 11.3 Å². The topological polar surface area (TPSA) is 9.23 Å². The molecule has 1 heterocycles. The van der Waals surface area contributed by atoms with Crippen molar-refractivity contribution in [1.82, 2.24) is 0 Å². The third kappa shape index (κ3) is 2.89. The van der Waals surface area contributed by atoms with Crippen molar-refractivity contribution < 1.29 is 4.74 Å². The van der Waals surface area contributed by atoms with Crippen molar-refractivity contribution in [2.75, 3.05) is 7.11 Å². The summed E-state index contributed by atoms with van der Waals surface area (Å²) in [5.74, 6) is 1.01. The zero-order chi connectivity index (χ0) is 19.8. The van der Waals surface area contributed by atoms with Crippen LogP contribution in [0.1, 0.15) is 65.3 Å². The van der Waals surface area contributed by atoms with Crippen molar-refractivity contribution in [1.29, 1.82) is 0 Å². The minimum absolute atomic E-state index is 1.01. The minimum atomic E-state index is 1.01. The summed E-state index contributed by atoms with van der Waals surface area (Å²) in [5.41, 5.74) is 10.7. The third-order valence-electron chi connectivity index (χ3n) is 6.11. The Morgan fingerprint density at radius 1 is 0.724 bits per heavy atom. The Morgan fingerprint density at radius 3 is 2.07 bits per heavy atom. The number of fused-ring (bicyclic) bond motifs is 5. The summed E-state index contributed by atoms with van der Waals surface area (Å²) in [7, 11) is 1.80. The summed E-state index contributed by atoms with van der Waals surface area (Å²) in [6.45, 7) is 2.27. The Morgan fingerprint density at radius 2 is 1.38 bits per heavy atom. The van der Waals surface area contributed by atoms with Gasteiger partial charge in [0, 0.05) is 27.2 Å². The molecule has 0 radical (unpaired) electrons. The molecular formula is C27H26OS. The highest BCUT2D eigenvalue weighted by molar-refractivity contribution is 7.11. The van der Waals surface area contributed by atoms with Crippen molar-refractivity contribution in [3.63, 3.8) is 0 Å². The number of ether oxygens (including phenoxy) is 1. The zero-order valence-electron chi connectivity index (χ0n) is 17.1. The highest BCUT2D eigenvalue weighted by Gasteiger charge is 2.38. The molecule has 2 aliphatic rings.